The molecule has 1 N–H and O–H groups in total. The van der Waals surface area contributed by atoms with Crippen molar-refractivity contribution >= 4 is 0 Å². The second kappa shape index (κ2) is 4.46. The van der Waals surface area contributed by atoms with Crippen molar-refractivity contribution < 1.29 is 4.74 Å². The number of hydrogen-bond donors (Lipinski definition) is 1. The molecule has 0 spiro atoms. The van der Waals surface area contributed by atoms with Gasteiger partial charge < -0.3 is 10.1 Å². The van der Waals surface area contributed by atoms with Gasteiger partial charge in [0.2, 0.25) is 0 Å². The Bertz CT molecular complexity index is 336. The normalized spacial score (nSPS) is 25.4. The number of benzene rings is 1. The average Bonchev–Trinajstić information content (AvgIpc) is 3.15. The van der Waals surface area contributed by atoms with Gasteiger partial charge in [-0.1, -0.05) is 12.1 Å². The van der Waals surface area contributed by atoms with Gasteiger partial charge >= 0.3 is 0 Å². The van der Waals surface area contributed by atoms with Crippen LogP contribution in [0.5, 0.6) is 5.75 Å². The molecule has 0 radical (unpaired) electrons. The lowest BCUT2D eigenvalue weighted by atomic mass is 9.92. The minimum absolute atomic E-state index is 0.502. The maximum Gasteiger partial charge on any atom is 0.119 e. The Balaban J connectivity index is 1.65. The maximum atomic E-state index is 5.75. The van der Waals surface area contributed by atoms with Crippen molar-refractivity contribution in [3.8, 4) is 5.75 Å². The van der Waals surface area contributed by atoms with Crippen molar-refractivity contribution in [1.29, 1.82) is 0 Å². The van der Waals surface area contributed by atoms with Crippen LogP contribution in [0.4, 0.5) is 0 Å². The fraction of sp³-hybridized carbons (Fsp3) is 0.571. The Morgan fingerprint density at radius 3 is 2.50 bits per heavy atom. The molecule has 1 atom stereocenters. The molecule has 3 rings (SSSR count). The topological polar surface area (TPSA) is 21.3 Å². The summed E-state index contributed by atoms with van der Waals surface area (Å²) in [6, 6.07) is 8.72. The first-order valence-electron chi connectivity index (χ1n) is 6.39. The maximum absolute atomic E-state index is 5.75. The predicted molar refractivity (Wildman–Crippen MR) is 64.9 cm³/mol. The molecule has 1 aliphatic heterocycles. The van der Waals surface area contributed by atoms with Crippen LogP contribution in [0.25, 0.3) is 0 Å². The second-order valence-corrected chi connectivity index (χ2v) is 4.93. The van der Waals surface area contributed by atoms with Crippen LogP contribution < -0.4 is 10.1 Å². The van der Waals surface area contributed by atoms with Gasteiger partial charge in [-0.15, -0.1) is 0 Å². The first-order valence-corrected chi connectivity index (χ1v) is 6.39. The zero-order chi connectivity index (χ0) is 10.8. The number of rotatable bonds is 3. The summed E-state index contributed by atoms with van der Waals surface area (Å²) in [4.78, 5) is 0. The number of piperidine rings is 1. The molecule has 0 amide bonds. The van der Waals surface area contributed by atoms with Crippen LogP contribution in [-0.4, -0.2) is 19.2 Å². The highest BCUT2D eigenvalue weighted by Gasteiger charge is 2.23. The van der Waals surface area contributed by atoms with Crippen LogP contribution >= 0.6 is 0 Å². The van der Waals surface area contributed by atoms with E-state index in [0.717, 1.165) is 12.3 Å². The van der Waals surface area contributed by atoms with E-state index < -0.39 is 0 Å². The number of nitrogens with one attached hydrogen (secondary N) is 1. The summed E-state index contributed by atoms with van der Waals surface area (Å²) < 4.78 is 5.75. The van der Waals surface area contributed by atoms with Gasteiger partial charge in [-0.05, 0) is 55.8 Å². The average molecular weight is 217 g/mol. The van der Waals surface area contributed by atoms with Gasteiger partial charge in [0.25, 0.3) is 0 Å². The van der Waals surface area contributed by atoms with E-state index >= 15 is 0 Å². The molecule has 1 heterocycles. The summed E-state index contributed by atoms with van der Waals surface area (Å²) in [6.07, 6.45) is 5.57. The highest BCUT2D eigenvalue weighted by atomic mass is 16.5. The van der Waals surface area contributed by atoms with E-state index in [1.807, 2.05) is 0 Å². The van der Waals surface area contributed by atoms with Crippen molar-refractivity contribution in [3.05, 3.63) is 29.8 Å². The molecule has 2 nitrogen and oxygen atoms in total. The monoisotopic (exact) mass is 217 g/mol. The molecule has 2 heteroatoms. The van der Waals surface area contributed by atoms with E-state index in [1.165, 1.54) is 37.8 Å². The third-order valence-corrected chi connectivity index (χ3v) is 3.48. The highest BCUT2D eigenvalue weighted by molar-refractivity contribution is 5.30. The van der Waals surface area contributed by atoms with Gasteiger partial charge in [-0.2, -0.15) is 0 Å². The van der Waals surface area contributed by atoms with Gasteiger partial charge in [-0.3, -0.25) is 0 Å². The SMILES string of the molecule is c1cc(C2CCCNC2)ccc1OC1CC1. The Labute approximate surface area is 97.0 Å². The second-order valence-electron chi connectivity index (χ2n) is 4.93. The van der Waals surface area contributed by atoms with Crippen LogP contribution in [-0.2, 0) is 0 Å². The van der Waals surface area contributed by atoms with Crippen molar-refractivity contribution in [1.82, 2.24) is 5.32 Å². The van der Waals surface area contributed by atoms with Crippen molar-refractivity contribution in [3.63, 3.8) is 0 Å². The van der Waals surface area contributed by atoms with Gasteiger partial charge in [-0.25, -0.2) is 0 Å². The molecule has 86 valence electrons. The summed E-state index contributed by atoms with van der Waals surface area (Å²) in [6.45, 7) is 2.31. The van der Waals surface area contributed by atoms with Crippen LogP contribution in [0.2, 0.25) is 0 Å². The van der Waals surface area contributed by atoms with Gasteiger partial charge in [0.05, 0.1) is 6.10 Å². The molecule has 0 aromatic heterocycles. The molecule has 1 aromatic rings. The quantitative estimate of drug-likeness (QED) is 0.840. The smallest absolute Gasteiger partial charge is 0.119 e. The third kappa shape index (κ3) is 2.38. The Hall–Kier alpha value is -1.02. The Kier molecular flexibility index (Phi) is 2.83. The molecule has 2 fully saturated rings. The van der Waals surface area contributed by atoms with E-state index in [1.54, 1.807) is 0 Å². The van der Waals surface area contributed by atoms with E-state index in [-0.39, 0.29) is 0 Å². The van der Waals surface area contributed by atoms with Crippen molar-refractivity contribution in [2.75, 3.05) is 13.1 Å². The lowest BCUT2D eigenvalue weighted by Crippen LogP contribution is -2.28. The number of ether oxygens (including phenoxy) is 1. The standard InChI is InChI=1S/C14H19NO/c1-2-12(10-15-9-1)11-3-5-13(6-4-11)16-14-7-8-14/h3-6,12,14-15H,1-2,7-10H2. The minimum Gasteiger partial charge on any atom is -0.490 e. The lowest BCUT2D eigenvalue weighted by Gasteiger charge is -2.23. The largest absolute Gasteiger partial charge is 0.490 e. The zero-order valence-corrected chi connectivity index (χ0v) is 9.61. The van der Waals surface area contributed by atoms with Crippen LogP contribution in [0.15, 0.2) is 24.3 Å². The molecule has 2 aliphatic rings. The molecule has 0 bridgehead atoms. The number of hydrogen-bond acceptors (Lipinski definition) is 2. The predicted octanol–water partition coefficient (Wildman–Crippen LogP) is 2.69. The van der Waals surface area contributed by atoms with Crippen molar-refractivity contribution in [2.45, 2.75) is 37.7 Å². The highest BCUT2D eigenvalue weighted by Crippen LogP contribution is 2.29. The lowest BCUT2D eigenvalue weighted by molar-refractivity contribution is 0.303. The van der Waals surface area contributed by atoms with Gasteiger partial charge in [0.15, 0.2) is 0 Å². The zero-order valence-electron chi connectivity index (χ0n) is 9.61. The summed E-state index contributed by atoms with van der Waals surface area (Å²) in [5.74, 6) is 1.73. The van der Waals surface area contributed by atoms with Crippen LogP contribution in [0, 0.1) is 0 Å². The first kappa shape index (κ1) is 10.2. The molecule has 1 aromatic carbocycles. The molecule has 1 saturated heterocycles. The minimum atomic E-state index is 0.502. The fourth-order valence-corrected chi connectivity index (χ4v) is 2.33. The fourth-order valence-electron chi connectivity index (χ4n) is 2.33. The first-order chi connectivity index (χ1) is 7.92. The molecule has 1 saturated carbocycles. The van der Waals surface area contributed by atoms with E-state index in [0.29, 0.717) is 12.0 Å². The molecule has 1 unspecified atom stereocenters. The molecule has 16 heavy (non-hydrogen) atoms. The van der Waals surface area contributed by atoms with E-state index in [9.17, 15) is 0 Å². The van der Waals surface area contributed by atoms with E-state index in [4.69, 9.17) is 4.74 Å². The Morgan fingerprint density at radius 2 is 1.88 bits per heavy atom. The van der Waals surface area contributed by atoms with Crippen molar-refractivity contribution in [2.24, 2.45) is 0 Å². The van der Waals surface area contributed by atoms with Gasteiger partial charge in [0, 0.05) is 6.54 Å². The van der Waals surface area contributed by atoms with E-state index in [2.05, 4.69) is 29.6 Å². The summed E-state index contributed by atoms with van der Waals surface area (Å²) >= 11 is 0. The molecular formula is C14H19NO. The molecular weight excluding hydrogens is 198 g/mol. The third-order valence-electron chi connectivity index (χ3n) is 3.48. The summed E-state index contributed by atoms with van der Waals surface area (Å²) in [5.41, 5.74) is 1.45. The van der Waals surface area contributed by atoms with Gasteiger partial charge in [0.1, 0.15) is 5.75 Å². The van der Waals surface area contributed by atoms with Crippen LogP contribution in [0.3, 0.4) is 0 Å². The van der Waals surface area contributed by atoms with Crippen LogP contribution in [0.1, 0.15) is 37.2 Å². The summed E-state index contributed by atoms with van der Waals surface area (Å²) in [7, 11) is 0. The Morgan fingerprint density at radius 1 is 1.06 bits per heavy atom. The summed E-state index contributed by atoms with van der Waals surface area (Å²) in [5, 5.41) is 3.46. The molecule has 1 aliphatic carbocycles.